The molecule has 2 rings (SSSR count). The Bertz CT molecular complexity index is 846. The molecule has 0 bridgehead atoms. The van der Waals surface area contributed by atoms with E-state index in [-0.39, 0.29) is 18.1 Å². The van der Waals surface area contributed by atoms with Crippen molar-refractivity contribution in [3.05, 3.63) is 48.2 Å². The van der Waals surface area contributed by atoms with E-state index in [1.165, 1.54) is 13.2 Å². The minimum atomic E-state index is -0.967. The van der Waals surface area contributed by atoms with Gasteiger partial charge in [0, 0.05) is 51.0 Å². The Balaban J connectivity index is -0.000000591. The summed E-state index contributed by atoms with van der Waals surface area (Å²) in [7, 11) is 5.05. The molecule has 1 atom stereocenters. The lowest BCUT2D eigenvalue weighted by Gasteiger charge is -2.30. The third-order valence-corrected chi connectivity index (χ3v) is 6.66. The molecule has 5 N–H and O–H groups in total. The quantitative estimate of drug-likeness (QED) is 0.0404. The Hall–Kier alpha value is -2.79. The minimum Gasteiger partial charge on any atom is -0.467 e. The third kappa shape index (κ3) is 25.1. The monoisotopic (exact) mass is 638 g/mol. The van der Waals surface area contributed by atoms with Crippen molar-refractivity contribution < 1.29 is 23.8 Å². The summed E-state index contributed by atoms with van der Waals surface area (Å²) in [5, 5.41) is 1.86. The van der Waals surface area contributed by atoms with Crippen LogP contribution in [0.3, 0.4) is 0 Å². The lowest BCUT2D eigenvalue weighted by atomic mass is 9.93. The number of carbonyl (C=O) groups excluding carboxylic acids is 2. The van der Waals surface area contributed by atoms with E-state index in [0.29, 0.717) is 30.7 Å². The number of nitrogens with zero attached hydrogens (tertiary/aromatic N) is 2. The molecule has 0 amide bonds. The molecule has 1 aliphatic heterocycles. The number of esters is 1. The van der Waals surface area contributed by atoms with Gasteiger partial charge in [-0.2, -0.15) is 0 Å². The highest BCUT2D eigenvalue weighted by Gasteiger charge is 2.38. The van der Waals surface area contributed by atoms with Crippen LogP contribution in [0.5, 0.6) is 0 Å². The van der Waals surface area contributed by atoms with E-state index >= 15 is 0 Å². The molecule has 0 aromatic carbocycles. The molecule has 0 aromatic heterocycles. The van der Waals surface area contributed by atoms with Crippen molar-refractivity contribution in [2.24, 2.45) is 22.4 Å². The predicted molar refractivity (Wildman–Crippen MR) is 190 cm³/mol. The molecular weight excluding hydrogens is 570 g/mol. The lowest BCUT2D eigenvalue weighted by Crippen LogP contribution is -2.43. The van der Waals surface area contributed by atoms with E-state index in [1.54, 1.807) is 13.4 Å². The summed E-state index contributed by atoms with van der Waals surface area (Å²) < 4.78 is 15.6. The normalized spacial score (nSPS) is 16.6. The first kappa shape index (κ1) is 46.6. The number of unbranched alkanes of at least 4 members (excludes halogenated alkanes) is 2. The van der Waals surface area contributed by atoms with Gasteiger partial charge in [-0.3, -0.25) is 9.79 Å². The second-order valence-electron chi connectivity index (χ2n) is 10.4. The zero-order valence-corrected chi connectivity index (χ0v) is 30.1. The Morgan fingerprint density at radius 3 is 2.11 bits per heavy atom. The van der Waals surface area contributed by atoms with Crippen LogP contribution in [0.1, 0.15) is 93.4 Å². The van der Waals surface area contributed by atoms with Crippen LogP contribution in [0.2, 0.25) is 0 Å². The molecule has 1 saturated heterocycles. The molecule has 1 unspecified atom stereocenters. The molecule has 1 fully saturated rings. The Morgan fingerprint density at radius 2 is 1.69 bits per heavy atom. The molecule has 2 aliphatic rings. The third-order valence-electron chi connectivity index (χ3n) is 6.66. The number of aldehydes is 1. The molecule has 262 valence electrons. The Kier molecular flexibility index (Phi) is 32.3. The van der Waals surface area contributed by atoms with Gasteiger partial charge in [0.1, 0.15) is 6.29 Å². The average Bonchev–Trinajstić information content (AvgIpc) is 3.33. The highest BCUT2D eigenvalue weighted by molar-refractivity contribution is 5.79. The zero-order chi connectivity index (χ0) is 35.0. The van der Waals surface area contributed by atoms with E-state index in [4.69, 9.17) is 25.7 Å². The van der Waals surface area contributed by atoms with Crippen LogP contribution in [-0.4, -0.2) is 82.3 Å². The summed E-state index contributed by atoms with van der Waals surface area (Å²) in [6.07, 6.45) is 22.2. The fraction of sp³-hybridized carbons (Fsp3) is 0.686. The number of aliphatic imine (C=N–C) groups is 1. The van der Waals surface area contributed by atoms with Gasteiger partial charge in [-0.1, -0.05) is 90.8 Å². The van der Waals surface area contributed by atoms with E-state index in [9.17, 15) is 9.59 Å². The molecule has 0 saturated carbocycles. The zero-order valence-electron chi connectivity index (χ0n) is 30.1. The fourth-order valence-corrected chi connectivity index (χ4v) is 3.90. The molecule has 45 heavy (non-hydrogen) atoms. The number of nitrogens with one attached hydrogen (secondary N) is 1. The number of ether oxygens (including phenoxy) is 3. The van der Waals surface area contributed by atoms with Crippen LogP contribution in [0.15, 0.2) is 53.2 Å². The highest BCUT2D eigenvalue weighted by Crippen LogP contribution is 2.26. The molecule has 0 spiro atoms. The van der Waals surface area contributed by atoms with Crippen molar-refractivity contribution in [2.75, 3.05) is 47.6 Å². The van der Waals surface area contributed by atoms with Gasteiger partial charge < -0.3 is 30.7 Å². The van der Waals surface area contributed by atoms with Gasteiger partial charge in [0.2, 0.25) is 0 Å². The fourth-order valence-electron chi connectivity index (χ4n) is 3.90. The van der Waals surface area contributed by atoms with Crippen molar-refractivity contribution in [3.63, 3.8) is 0 Å². The highest BCUT2D eigenvalue weighted by atomic mass is 16.6. The van der Waals surface area contributed by atoms with Crippen LogP contribution in [-0.2, 0) is 23.8 Å². The van der Waals surface area contributed by atoms with E-state index < -0.39 is 5.60 Å². The summed E-state index contributed by atoms with van der Waals surface area (Å²) in [4.78, 5) is 26.2. The van der Waals surface area contributed by atoms with Crippen LogP contribution in [0, 0.1) is 5.92 Å². The maximum Gasteiger partial charge on any atom is 0.338 e. The smallest absolute Gasteiger partial charge is 0.338 e. The standard InChI is InChI=1S/C14H25NO4.C11H17N3.C6H13NO.2C2H6/c1-4-6-7-9-14(5-2,13(17)18-3)19-11-12(15)8-10-16;1-12-10-14(2)13-9-11-7-5-3-4-6-8-11;1-6(7)2-4-8-5-3-6;2*1-2/h8,10H,4-7,9,11,15H2,1-3H3;3-8,10-11,13H,9H2,1-2H3;2-5,7H2,1H3;2*1-2H3/b12-8-;;;;. The van der Waals surface area contributed by atoms with Gasteiger partial charge in [-0.05, 0) is 45.1 Å². The van der Waals surface area contributed by atoms with Crippen LogP contribution in [0.25, 0.3) is 0 Å². The molecule has 10 heteroatoms. The predicted octanol–water partition coefficient (Wildman–Crippen LogP) is 5.89. The molecular formula is C35H67N5O5. The van der Waals surface area contributed by atoms with Crippen LogP contribution >= 0.6 is 0 Å². The van der Waals surface area contributed by atoms with Crippen LogP contribution in [0.4, 0.5) is 0 Å². The Labute approximate surface area is 275 Å². The van der Waals surface area contributed by atoms with Gasteiger partial charge in [0.05, 0.1) is 20.1 Å². The number of carbonyl (C=O) groups is 2. The molecule has 1 aliphatic carbocycles. The van der Waals surface area contributed by atoms with Crippen molar-refractivity contribution in [3.8, 4) is 0 Å². The first-order valence-electron chi connectivity index (χ1n) is 16.5. The van der Waals surface area contributed by atoms with Gasteiger partial charge in [0.25, 0.3) is 0 Å². The summed E-state index contributed by atoms with van der Waals surface area (Å²) >= 11 is 0. The molecule has 10 nitrogen and oxygen atoms in total. The number of nitrogens with two attached hydrogens (primary N) is 2. The van der Waals surface area contributed by atoms with E-state index in [0.717, 1.165) is 51.9 Å². The SMILES string of the molecule is CC.CC.CC1(N)CCOCC1.CCCCCC(CC)(OC/C(N)=C/C=O)C(=O)OC.CN=CN(C)NCC1C=CC=CC=C1. The van der Waals surface area contributed by atoms with Crippen molar-refractivity contribution in [2.45, 2.75) is 105 Å². The average molecular weight is 638 g/mol. The lowest BCUT2D eigenvalue weighted by molar-refractivity contribution is -0.170. The summed E-state index contributed by atoms with van der Waals surface area (Å²) in [6, 6.07) is 0. The van der Waals surface area contributed by atoms with Gasteiger partial charge in [-0.15, -0.1) is 0 Å². The van der Waals surface area contributed by atoms with Gasteiger partial charge in [-0.25, -0.2) is 10.2 Å². The molecule has 1 heterocycles. The first-order valence-corrected chi connectivity index (χ1v) is 16.5. The number of rotatable bonds is 14. The Morgan fingerprint density at radius 1 is 1.11 bits per heavy atom. The van der Waals surface area contributed by atoms with Gasteiger partial charge >= 0.3 is 5.97 Å². The number of hydrogen-bond acceptors (Lipinski definition) is 9. The number of hydrogen-bond donors (Lipinski definition) is 3. The van der Waals surface area contributed by atoms with Crippen molar-refractivity contribution in [1.82, 2.24) is 10.4 Å². The van der Waals surface area contributed by atoms with E-state index in [2.05, 4.69) is 48.6 Å². The summed E-state index contributed by atoms with van der Waals surface area (Å²) in [5.41, 5.74) is 14.0. The number of methoxy groups -OCH3 is 1. The number of allylic oxidation sites excluding steroid dienone is 5. The largest absolute Gasteiger partial charge is 0.467 e. The minimum absolute atomic E-state index is 0.0494. The van der Waals surface area contributed by atoms with Crippen molar-refractivity contribution >= 4 is 18.6 Å². The number of hydrazine groups is 1. The van der Waals surface area contributed by atoms with E-state index in [1.807, 2.05) is 58.8 Å². The van der Waals surface area contributed by atoms with Gasteiger partial charge in [0.15, 0.2) is 5.60 Å². The second-order valence-corrected chi connectivity index (χ2v) is 10.4. The first-order chi connectivity index (χ1) is 21.6. The maximum atomic E-state index is 12.0. The maximum absolute atomic E-state index is 12.0. The van der Waals surface area contributed by atoms with Crippen molar-refractivity contribution in [1.29, 1.82) is 0 Å². The topological polar surface area (TPSA) is 142 Å². The summed E-state index contributed by atoms with van der Waals surface area (Å²) in [5.74, 6) is 0.0581. The summed E-state index contributed by atoms with van der Waals surface area (Å²) in [6.45, 7) is 16.7. The molecule has 0 aromatic rings. The molecule has 0 radical (unpaired) electrons. The second kappa shape index (κ2) is 31.2. The van der Waals surface area contributed by atoms with Crippen LogP contribution < -0.4 is 16.9 Å².